The van der Waals surface area contributed by atoms with Gasteiger partial charge in [0.25, 0.3) is 0 Å². The van der Waals surface area contributed by atoms with Crippen molar-refractivity contribution in [1.29, 1.82) is 0 Å². The SMILES string of the molecule is CC1C[C@H]2[C@@H]3C(=O)CC4CCCC(=O)[C@]4(C)[C@@H]3CC[C@]2(C)C1. The molecule has 0 saturated heterocycles. The van der Waals surface area contributed by atoms with Crippen LogP contribution < -0.4 is 0 Å². The van der Waals surface area contributed by atoms with Gasteiger partial charge in [0.2, 0.25) is 0 Å². The van der Waals surface area contributed by atoms with E-state index in [9.17, 15) is 9.59 Å². The van der Waals surface area contributed by atoms with Gasteiger partial charge in [-0.2, -0.15) is 0 Å². The first-order valence-corrected chi connectivity index (χ1v) is 9.42. The lowest BCUT2D eigenvalue weighted by Crippen LogP contribution is -2.58. The van der Waals surface area contributed by atoms with E-state index in [1.165, 1.54) is 19.3 Å². The molecular formula is C20H30O2. The zero-order valence-electron chi connectivity index (χ0n) is 14.4. The molecule has 0 bridgehead atoms. The molecule has 0 aromatic heterocycles. The van der Waals surface area contributed by atoms with Gasteiger partial charge in [0.1, 0.15) is 11.6 Å². The van der Waals surface area contributed by atoms with Gasteiger partial charge < -0.3 is 0 Å². The van der Waals surface area contributed by atoms with Crippen LogP contribution in [0.4, 0.5) is 0 Å². The summed E-state index contributed by atoms with van der Waals surface area (Å²) < 4.78 is 0. The summed E-state index contributed by atoms with van der Waals surface area (Å²) >= 11 is 0. The summed E-state index contributed by atoms with van der Waals surface area (Å²) in [5.74, 6) is 3.14. The molecule has 122 valence electrons. The highest BCUT2D eigenvalue weighted by atomic mass is 16.1. The van der Waals surface area contributed by atoms with Crippen LogP contribution in [0, 0.1) is 40.4 Å². The molecule has 4 fully saturated rings. The van der Waals surface area contributed by atoms with Gasteiger partial charge in [-0.3, -0.25) is 9.59 Å². The Bertz CT molecular complexity index is 524. The Balaban J connectivity index is 1.74. The number of carbonyl (C=O) groups is 2. The van der Waals surface area contributed by atoms with Crippen molar-refractivity contribution in [1.82, 2.24) is 0 Å². The van der Waals surface area contributed by atoms with Gasteiger partial charge in [-0.05, 0) is 67.6 Å². The Labute approximate surface area is 134 Å². The van der Waals surface area contributed by atoms with Crippen LogP contribution >= 0.6 is 0 Å². The van der Waals surface area contributed by atoms with E-state index in [0.29, 0.717) is 41.2 Å². The molecule has 4 saturated carbocycles. The lowest BCUT2D eigenvalue weighted by atomic mass is 9.45. The number of hydrogen-bond donors (Lipinski definition) is 0. The molecule has 4 aliphatic carbocycles. The molecular weight excluding hydrogens is 272 g/mol. The Morgan fingerprint density at radius 3 is 2.64 bits per heavy atom. The van der Waals surface area contributed by atoms with Crippen LogP contribution in [0.2, 0.25) is 0 Å². The maximum Gasteiger partial charge on any atom is 0.139 e. The quantitative estimate of drug-likeness (QED) is 0.664. The second kappa shape index (κ2) is 4.68. The number of rotatable bonds is 0. The summed E-state index contributed by atoms with van der Waals surface area (Å²) in [4.78, 5) is 25.8. The number of fused-ring (bicyclic) bond motifs is 5. The fourth-order valence-electron chi connectivity index (χ4n) is 7.19. The van der Waals surface area contributed by atoms with Crippen LogP contribution in [0.1, 0.15) is 72.1 Å². The van der Waals surface area contributed by atoms with Crippen molar-refractivity contribution >= 4 is 11.6 Å². The maximum atomic E-state index is 13.0. The van der Waals surface area contributed by atoms with Crippen molar-refractivity contribution in [2.24, 2.45) is 40.4 Å². The Kier molecular flexibility index (Phi) is 3.17. The smallest absolute Gasteiger partial charge is 0.139 e. The predicted molar refractivity (Wildman–Crippen MR) is 86.3 cm³/mol. The molecule has 0 N–H and O–H groups in total. The zero-order chi connectivity index (χ0) is 15.7. The van der Waals surface area contributed by atoms with Crippen molar-refractivity contribution in [3.8, 4) is 0 Å². The third kappa shape index (κ3) is 1.79. The molecule has 0 aromatic carbocycles. The van der Waals surface area contributed by atoms with Gasteiger partial charge in [0.15, 0.2) is 0 Å². The van der Waals surface area contributed by atoms with Crippen LogP contribution in [0.15, 0.2) is 0 Å². The molecule has 0 aromatic rings. The van der Waals surface area contributed by atoms with Gasteiger partial charge in [0.05, 0.1) is 0 Å². The monoisotopic (exact) mass is 302 g/mol. The highest BCUT2D eigenvalue weighted by molar-refractivity contribution is 5.91. The molecule has 0 radical (unpaired) electrons. The van der Waals surface area contributed by atoms with E-state index in [4.69, 9.17) is 0 Å². The third-order valence-electron chi connectivity index (χ3n) is 8.25. The summed E-state index contributed by atoms with van der Waals surface area (Å²) in [5.41, 5.74) is 0.168. The zero-order valence-corrected chi connectivity index (χ0v) is 14.4. The molecule has 4 aliphatic rings. The number of ketones is 2. The molecule has 7 atom stereocenters. The highest BCUT2D eigenvalue weighted by Crippen LogP contribution is 2.65. The molecule has 2 unspecified atom stereocenters. The molecule has 0 heterocycles. The Morgan fingerprint density at radius 1 is 1.09 bits per heavy atom. The minimum Gasteiger partial charge on any atom is -0.299 e. The fourth-order valence-corrected chi connectivity index (χ4v) is 7.19. The number of Topliss-reactive ketones (excluding diaryl/α,β-unsaturated/α-hetero) is 2. The van der Waals surface area contributed by atoms with Crippen LogP contribution in [0.25, 0.3) is 0 Å². The first-order chi connectivity index (χ1) is 10.4. The average Bonchev–Trinajstić information content (AvgIpc) is 2.76. The van der Waals surface area contributed by atoms with Gasteiger partial charge in [-0.15, -0.1) is 0 Å². The first kappa shape index (κ1) is 14.9. The second-order valence-corrected chi connectivity index (χ2v) is 9.44. The van der Waals surface area contributed by atoms with Crippen LogP contribution in [0.5, 0.6) is 0 Å². The molecule has 4 rings (SSSR count). The van der Waals surface area contributed by atoms with Gasteiger partial charge >= 0.3 is 0 Å². The fraction of sp³-hybridized carbons (Fsp3) is 0.900. The molecule has 2 nitrogen and oxygen atoms in total. The summed E-state index contributed by atoms with van der Waals surface area (Å²) in [5, 5.41) is 0. The van der Waals surface area contributed by atoms with Crippen molar-refractivity contribution in [3.05, 3.63) is 0 Å². The molecule has 0 amide bonds. The molecule has 0 aliphatic heterocycles. The van der Waals surface area contributed by atoms with Crippen molar-refractivity contribution in [2.45, 2.75) is 72.1 Å². The summed E-state index contributed by atoms with van der Waals surface area (Å²) in [7, 11) is 0. The molecule has 2 heteroatoms. The largest absolute Gasteiger partial charge is 0.299 e. The first-order valence-electron chi connectivity index (χ1n) is 9.42. The summed E-state index contributed by atoms with van der Waals surface area (Å²) in [6, 6.07) is 0. The lowest BCUT2D eigenvalue weighted by molar-refractivity contribution is -0.163. The average molecular weight is 302 g/mol. The summed E-state index contributed by atoms with van der Waals surface area (Å²) in [6.07, 6.45) is 8.35. The third-order valence-corrected chi connectivity index (χ3v) is 8.25. The van der Waals surface area contributed by atoms with Gasteiger partial charge in [-0.1, -0.05) is 20.8 Å². The van der Waals surface area contributed by atoms with Crippen molar-refractivity contribution < 1.29 is 9.59 Å². The minimum absolute atomic E-state index is 0.187. The van der Waals surface area contributed by atoms with E-state index in [1.807, 2.05) is 0 Å². The minimum atomic E-state index is -0.190. The van der Waals surface area contributed by atoms with E-state index in [2.05, 4.69) is 20.8 Å². The molecule has 22 heavy (non-hydrogen) atoms. The Hall–Kier alpha value is -0.660. The van der Waals surface area contributed by atoms with Crippen LogP contribution in [-0.4, -0.2) is 11.6 Å². The van der Waals surface area contributed by atoms with E-state index < -0.39 is 0 Å². The standard InChI is InChI=1S/C20H30O2/c1-12-9-15-18-14(7-8-19(15,2)11-12)20(3)13(10-16(18)21)5-4-6-17(20)22/h12-15,18H,4-11H2,1-3H3/t12?,13?,14-,15+,18-,19-,20+/m1/s1. The maximum absolute atomic E-state index is 13.0. The Morgan fingerprint density at radius 2 is 1.86 bits per heavy atom. The van der Waals surface area contributed by atoms with E-state index in [0.717, 1.165) is 31.6 Å². The van der Waals surface area contributed by atoms with Gasteiger partial charge in [-0.25, -0.2) is 0 Å². The van der Waals surface area contributed by atoms with E-state index in [-0.39, 0.29) is 11.3 Å². The van der Waals surface area contributed by atoms with Crippen molar-refractivity contribution in [3.63, 3.8) is 0 Å². The summed E-state index contributed by atoms with van der Waals surface area (Å²) in [6.45, 7) is 6.99. The molecule has 0 spiro atoms. The van der Waals surface area contributed by atoms with E-state index >= 15 is 0 Å². The van der Waals surface area contributed by atoms with E-state index in [1.54, 1.807) is 0 Å². The lowest BCUT2D eigenvalue weighted by Gasteiger charge is -2.57. The topological polar surface area (TPSA) is 34.1 Å². The van der Waals surface area contributed by atoms with Crippen LogP contribution in [-0.2, 0) is 9.59 Å². The number of carbonyl (C=O) groups excluding carboxylic acids is 2. The number of hydrogen-bond acceptors (Lipinski definition) is 2. The highest BCUT2D eigenvalue weighted by Gasteiger charge is 2.63. The van der Waals surface area contributed by atoms with Crippen LogP contribution in [0.3, 0.4) is 0 Å². The van der Waals surface area contributed by atoms with Gasteiger partial charge in [0, 0.05) is 24.2 Å². The second-order valence-electron chi connectivity index (χ2n) is 9.44. The predicted octanol–water partition coefficient (Wildman–Crippen LogP) is 4.41. The van der Waals surface area contributed by atoms with Crippen molar-refractivity contribution in [2.75, 3.05) is 0 Å². The normalized spacial score (nSPS) is 54.6.